The Morgan fingerprint density at radius 1 is 1.26 bits per heavy atom. The van der Waals surface area contributed by atoms with Crippen LogP contribution in [0.4, 0.5) is 13.9 Å². The molecule has 3 nitrogen and oxygen atoms in total. The Bertz CT molecular complexity index is 595. The smallest absolute Gasteiger partial charge is 0.206 e. The van der Waals surface area contributed by atoms with Gasteiger partial charge < -0.3 is 5.32 Å². The van der Waals surface area contributed by atoms with Crippen molar-refractivity contribution in [1.29, 1.82) is 0 Å². The Morgan fingerprint density at radius 2 is 2.05 bits per heavy atom. The van der Waals surface area contributed by atoms with E-state index in [1.54, 1.807) is 6.07 Å². The molecule has 0 bridgehead atoms. The fourth-order valence-electron chi connectivity index (χ4n) is 1.84. The van der Waals surface area contributed by atoms with E-state index in [0.717, 1.165) is 16.2 Å². The van der Waals surface area contributed by atoms with Gasteiger partial charge >= 0.3 is 0 Å². The van der Waals surface area contributed by atoms with Crippen molar-refractivity contribution < 1.29 is 8.78 Å². The average Bonchev–Trinajstić information content (AvgIpc) is 3.14. The summed E-state index contributed by atoms with van der Waals surface area (Å²) >= 11 is 1.53. The number of nitrogens with zero attached hydrogens (tertiary/aromatic N) is 2. The number of aromatic nitrogens is 2. The Kier molecular flexibility index (Phi) is 3.18. The van der Waals surface area contributed by atoms with Crippen LogP contribution in [-0.2, 0) is 0 Å². The van der Waals surface area contributed by atoms with Crippen molar-refractivity contribution in [2.24, 2.45) is 0 Å². The Balaban J connectivity index is 1.72. The van der Waals surface area contributed by atoms with E-state index in [1.165, 1.54) is 30.2 Å². The van der Waals surface area contributed by atoms with Crippen LogP contribution in [0.1, 0.15) is 42.3 Å². The Hall–Kier alpha value is -1.56. The van der Waals surface area contributed by atoms with Gasteiger partial charge in [0.15, 0.2) is 11.6 Å². The maximum absolute atomic E-state index is 13.2. The van der Waals surface area contributed by atoms with Crippen LogP contribution in [0.15, 0.2) is 18.2 Å². The molecular formula is C13H13F2N3S. The number of anilines is 1. The van der Waals surface area contributed by atoms with Gasteiger partial charge in [-0.25, -0.2) is 8.78 Å². The van der Waals surface area contributed by atoms with E-state index in [0.29, 0.717) is 11.5 Å². The van der Waals surface area contributed by atoms with Crippen molar-refractivity contribution in [3.63, 3.8) is 0 Å². The van der Waals surface area contributed by atoms with Crippen molar-refractivity contribution in [2.75, 3.05) is 5.32 Å². The Morgan fingerprint density at radius 3 is 2.74 bits per heavy atom. The molecule has 3 rings (SSSR count). The molecule has 100 valence electrons. The fourth-order valence-corrected chi connectivity index (χ4v) is 2.84. The predicted molar refractivity (Wildman–Crippen MR) is 70.3 cm³/mol. The van der Waals surface area contributed by atoms with Gasteiger partial charge in [0.2, 0.25) is 5.13 Å². The van der Waals surface area contributed by atoms with Gasteiger partial charge in [-0.2, -0.15) is 0 Å². The van der Waals surface area contributed by atoms with Crippen molar-refractivity contribution in [2.45, 2.75) is 31.7 Å². The summed E-state index contributed by atoms with van der Waals surface area (Å²) in [5.74, 6) is -1.09. The third-order valence-corrected chi connectivity index (χ3v) is 4.17. The highest BCUT2D eigenvalue weighted by molar-refractivity contribution is 7.15. The van der Waals surface area contributed by atoms with Crippen molar-refractivity contribution in [1.82, 2.24) is 10.2 Å². The maximum atomic E-state index is 13.2. The summed E-state index contributed by atoms with van der Waals surface area (Å²) in [5, 5.41) is 13.1. The first-order valence-electron chi connectivity index (χ1n) is 6.18. The summed E-state index contributed by atoms with van der Waals surface area (Å²) < 4.78 is 26.0. The molecule has 1 saturated carbocycles. The standard InChI is InChI=1S/C13H13F2N3S/c1-7(9-4-5-10(14)11(15)6-9)16-13-18-17-12(19-13)8-2-3-8/h4-8H,2-3H2,1H3,(H,16,18). The molecule has 0 spiro atoms. The van der Waals surface area contributed by atoms with E-state index < -0.39 is 11.6 Å². The molecule has 1 heterocycles. The molecule has 0 radical (unpaired) electrons. The van der Waals surface area contributed by atoms with Gasteiger partial charge in [-0.15, -0.1) is 10.2 Å². The topological polar surface area (TPSA) is 37.8 Å². The highest BCUT2D eigenvalue weighted by Crippen LogP contribution is 2.42. The number of rotatable bonds is 4. The van der Waals surface area contributed by atoms with Crippen molar-refractivity contribution >= 4 is 16.5 Å². The minimum absolute atomic E-state index is 0.143. The van der Waals surface area contributed by atoms with Crippen molar-refractivity contribution in [3.05, 3.63) is 40.4 Å². The molecule has 1 aliphatic carbocycles. The van der Waals surface area contributed by atoms with E-state index in [1.807, 2.05) is 6.92 Å². The van der Waals surface area contributed by atoms with E-state index in [9.17, 15) is 8.78 Å². The highest BCUT2D eigenvalue weighted by atomic mass is 32.1. The summed E-state index contributed by atoms with van der Waals surface area (Å²) in [4.78, 5) is 0. The van der Waals surface area contributed by atoms with Crippen LogP contribution < -0.4 is 5.32 Å². The second-order valence-electron chi connectivity index (χ2n) is 4.76. The zero-order valence-electron chi connectivity index (χ0n) is 10.4. The molecule has 2 aromatic rings. The first kappa shape index (κ1) is 12.5. The van der Waals surface area contributed by atoms with Crippen molar-refractivity contribution in [3.8, 4) is 0 Å². The van der Waals surface area contributed by atoms with Crippen LogP contribution >= 0.6 is 11.3 Å². The molecule has 0 amide bonds. The number of hydrogen-bond donors (Lipinski definition) is 1. The molecule has 1 aliphatic rings. The monoisotopic (exact) mass is 281 g/mol. The minimum atomic E-state index is -0.831. The van der Waals surface area contributed by atoms with Crippen LogP contribution in [0.2, 0.25) is 0 Å². The second-order valence-corrected chi connectivity index (χ2v) is 5.77. The molecule has 6 heteroatoms. The van der Waals surface area contributed by atoms with Gasteiger partial charge in [0.1, 0.15) is 5.01 Å². The van der Waals surface area contributed by atoms with Crippen LogP contribution in [0.3, 0.4) is 0 Å². The number of hydrogen-bond acceptors (Lipinski definition) is 4. The summed E-state index contributed by atoms with van der Waals surface area (Å²) in [7, 11) is 0. The lowest BCUT2D eigenvalue weighted by Crippen LogP contribution is -2.07. The average molecular weight is 281 g/mol. The third-order valence-electron chi connectivity index (χ3n) is 3.15. The molecule has 0 saturated heterocycles. The SMILES string of the molecule is CC(Nc1nnc(C2CC2)s1)c1ccc(F)c(F)c1. The molecule has 1 N–H and O–H groups in total. The summed E-state index contributed by atoms with van der Waals surface area (Å²) in [6.45, 7) is 1.88. The van der Waals surface area contributed by atoms with Gasteiger partial charge in [0.05, 0.1) is 6.04 Å². The zero-order valence-corrected chi connectivity index (χ0v) is 11.2. The summed E-state index contributed by atoms with van der Waals surface area (Å²) in [6, 6.07) is 3.77. The fraction of sp³-hybridized carbons (Fsp3) is 0.385. The molecule has 1 atom stereocenters. The molecule has 1 unspecified atom stereocenters. The predicted octanol–water partition coefficient (Wildman–Crippen LogP) is 3.87. The number of halogens is 2. The number of benzene rings is 1. The molecule has 19 heavy (non-hydrogen) atoms. The molecule has 1 aromatic carbocycles. The largest absolute Gasteiger partial charge is 0.354 e. The first-order valence-corrected chi connectivity index (χ1v) is 7.00. The van der Waals surface area contributed by atoms with E-state index in [-0.39, 0.29) is 6.04 Å². The van der Waals surface area contributed by atoms with Crippen LogP contribution in [-0.4, -0.2) is 10.2 Å². The summed E-state index contributed by atoms with van der Waals surface area (Å²) in [6.07, 6.45) is 2.38. The molecular weight excluding hydrogens is 268 g/mol. The Labute approximate surface area is 113 Å². The first-order chi connectivity index (χ1) is 9.13. The molecule has 1 aromatic heterocycles. The van der Waals surface area contributed by atoms with Crippen LogP contribution in [0.25, 0.3) is 0 Å². The van der Waals surface area contributed by atoms with Gasteiger partial charge in [-0.05, 0) is 37.5 Å². The normalized spacial score (nSPS) is 16.4. The second kappa shape index (κ2) is 4.85. The van der Waals surface area contributed by atoms with Gasteiger partial charge in [-0.1, -0.05) is 17.4 Å². The molecule has 0 aliphatic heterocycles. The van der Waals surface area contributed by atoms with Crippen LogP contribution in [0.5, 0.6) is 0 Å². The van der Waals surface area contributed by atoms with Crippen LogP contribution in [0, 0.1) is 11.6 Å². The molecule has 1 fully saturated rings. The quantitative estimate of drug-likeness (QED) is 0.924. The zero-order chi connectivity index (χ0) is 13.4. The third kappa shape index (κ3) is 2.73. The number of nitrogens with one attached hydrogen (secondary N) is 1. The van der Waals surface area contributed by atoms with E-state index >= 15 is 0 Å². The van der Waals surface area contributed by atoms with E-state index in [4.69, 9.17) is 0 Å². The van der Waals surface area contributed by atoms with E-state index in [2.05, 4.69) is 15.5 Å². The highest BCUT2D eigenvalue weighted by Gasteiger charge is 2.27. The maximum Gasteiger partial charge on any atom is 0.206 e. The lowest BCUT2D eigenvalue weighted by atomic mass is 10.1. The van der Waals surface area contributed by atoms with Gasteiger partial charge in [-0.3, -0.25) is 0 Å². The lowest BCUT2D eigenvalue weighted by molar-refractivity contribution is 0.506. The van der Waals surface area contributed by atoms with Gasteiger partial charge in [0.25, 0.3) is 0 Å². The van der Waals surface area contributed by atoms with Gasteiger partial charge in [0, 0.05) is 5.92 Å². The lowest BCUT2D eigenvalue weighted by Gasteiger charge is -2.12. The minimum Gasteiger partial charge on any atom is -0.354 e. The summed E-state index contributed by atoms with van der Waals surface area (Å²) in [5.41, 5.74) is 0.682.